The fourth-order valence-electron chi connectivity index (χ4n) is 2.66. The highest BCUT2D eigenvalue weighted by molar-refractivity contribution is 7.15. The molecule has 1 aliphatic rings. The normalized spacial score (nSPS) is 19.4. The molecule has 0 fully saturated rings. The van der Waals surface area contributed by atoms with Gasteiger partial charge in [0.25, 0.3) is 0 Å². The third-order valence-electron chi connectivity index (χ3n) is 3.58. The summed E-state index contributed by atoms with van der Waals surface area (Å²) in [5.41, 5.74) is 2.59. The van der Waals surface area contributed by atoms with Crippen molar-refractivity contribution in [1.82, 2.24) is 9.88 Å². The SMILES string of the molecule is OCC1c2ccccc2CCN1Cc1cnc(Cl)s1. The Labute approximate surface area is 121 Å². The second-order valence-electron chi connectivity index (χ2n) is 4.70. The summed E-state index contributed by atoms with van der Waals surface area (Å²) in [5.74, 6) is 0. The summed E-state index contributed by atoms with van der Waals surface area (Å²) >= 11 is 7.38. The van der Waals surface area contributed by atoms with E-state index in [0.717, 1.165) is 24.4 Å². The Kier molecular flexibility index (Phi) is 3.84. The molecule has 0 radical (unpaired) electrons. The molecular weight excluding hydrogens is 280 g/mol. The van der Waals surface area contributed by atoms with E-state index < -0.39 is 0 Å². The summed E-state index contributed by atoms with van der Waals surface area (Å²) in [5, 5.41) is 9.71. The Bertz CT molecular complexity index is 572. The second kappa shape index (κ2) is 5.59. The van der Waals surface area contributed by atoms with Crippen LogP contribution in [0.3, 0.4) is 0 Å². The zero-order valence-corrected chi connectivity index (χ0v) is 12.0. The number of thiazole rings is 1. The van der Waals surface area contributed by atoms with Gasteiger partial charge in [0, 0.05) is 24.2 Å². The van der Waals surface area contributed by atoms with Gasteiger partial charge in [0.05, 0.1) is 12.6 Å². The van der Waals surface area contributed by atoms with E-state index >= 15 is 0 Å². The molecule has 0 aliphatic carbocycles. The van der Waals surface area contributed by atoms with Crippen molar-refractivity contribution in [1.29, 1.82) is 0 Å². The molecule has 0 saturated carbocycles. The summed E-state index contributed by atoms with van der Waals surface area (Å²) in [6.07, 6.45) is 2.85. The number of halogens is 1. The molecule has 1 unspecified atom stereocenters. The van der Waals surface area contributed by atoms with Crippen LogP contribution in [0.4, 0.5) is 0 Å². The van der Waals surface area contributed by atoms with Crippen LogP contribution in [0.5, 0.6) is 0 Å². The Morgan fingerprint density at radius 3 is 3.00 bits per heavy atom. The van der Waals surface area contributed by atoms with E-state index in [1.165, 1.54) is 22.5 Å². The Morgan fingerprint density at radius 1 is 1.42 bits per heavy atom. The highest BCUT2D eigenvalue weighted by Crippen LogP contribution is 2.31. The number of aliphatic hydroxyl groups is 1. The van der Waals surface area contributed by atoms with Crippen LogP contribution in [-0.4, -0.2) is 28.1 Å². The number of nitrogens with zero attached hydrogens (tertiary/aromatic N) is 2. The number of aromatic nitrogens is 1. The lowest BCUT2D eigenvalue weighted by molar-refractivity contribution is 0.109. The van der Waals surface area contributed by atoms with Gasteiger partial charge in [-0.25, -0.2) is 4.98 Å². The Balaban J connectivity index is 1.84. The van der Waals surface area contributed by atoms with Gasteiger partial charge in [-0.05, 0) is 17.5 Å². The number of rotatable bonds is 3. The zero-order chi connectivity index (χ0) is 13.2. The summed E-state index contributed by atoms with van der Waals surface area (Å²) in [4.78, 5) is 7.51. The first-order valence-corrected chi connectivity index (χ1v) is 7.50. The first-order valence-electron chi connectivity index (χ1n) is 6.31. The minimum atomic E-state index is 0.0748. The van der Waals surface area contributed by atoms with E-state index in [9.17, 15) is 5.11 Å². The minimum Gasteiger partial charge on any atom is -0.394 e. The van der Waals surface area contributed by atoms with E-state index in [-0.39, 0.29) is 12.6 Å². The third kappa shape index (κ3) is 2.67. The van der Waals surface area contributed by atoms with Crippen molar-refractivity contribution in [3.8, 4) is 0 Å². The van der Waals surface area contributed by atoms with Crippen molar-refractivity contribution in [3.05, 3.63) is 50.9 Å². The van der Waals surface area contributed by atoms with Crippen molar-refractivity contribution in [2.75, 3.05) is 13.2 Å². The average molecular weight is 295 g/mol. The fraction of sp³-hybridized carbons (Fsp3) is 0.357. The highest BCUT2D eigenvalue weighted by atomic mass is 35.5. The molecule has 0 spiro atoms. The van der Waals surface area contributed by atoms with Crippen LogP contribution in [0, 0.1) is 0 Å². The maximum atomic E-state index is 9.71. The predicted molar refractivity (Wildman–Crippen MR) is 77.5 cm³/mol. The largest absolute Gasteiger partial charge is 0.394 e. The van der Waals surface area contributed by atoms with Crippen molar-refractivity contribution in [3.63, 3.8) is 0 Å². The number of aliphatic hydroxyl groups excluding tert-OH is 1. The molecule has 5 heteroatoms. The van der Waals surface area contributed by atoms with Crippen LogP contribution in [0.2, 0.25) is 4.47 Å². The summed E-state index contributed by atoms with van der Waals surface area (Å²) in [7, 11) is 0. The summed E-state index contributed by atoms with van der Waals surface area (Å²) < 4.78 is 0.577. The van der Waals surface area contributed by atoms with Gasteiger partial charge < -0.3 is 5.11 Å². The first-order chi connectivity index (χ1) is 9.28. The van der Waals surface area contributed by atoms with Gasteiger partial charge >= 0.3 is 0 Å². The number of fused-ring (bicyclic) bond motifs is 1. The molecule has 0 amide bonds. The molecule has 0 saturated heterocycles. The van der Waals surface area contributed by atoms with Crippen LogP contribution in [0.15, 0.2) is 30.5 Å². The number of benzene rings is 1. The summed E-state index contributed by atoms with van der Waals surface area (Å²) in [6, 6.07) is 8.44. The first kappa shape index (κ1) is 13.1. The molecule has 1 N–H and O–H groups in total. The molecule has 2 heterocycles. The highest BCUT2D eigenvalue weighted by Gasteiger charge is 2.26. The monoisotopic (exact) mass is 294 g/mol. The Morgan fingerprint density at radius 2 is 2.26 bits per heavy atom. The van der Waals surface area contributed by atoms with Gasteiger partial charge in [-0.2, -0.15) is 0 Å². The van der Waals surface area contributed by atoms with E-state index in [1.54, 1.807) is 0 Å². The molecule has 1 aromatic carbocycles. The lowest BCUT2D eigenvalue weighted by Gasteiger charge is -2.35. The van der Waals surface area contributed by atoms with Crippen molar-refractivity contribution < 1.29 is 5.11 Å². The van der Waals surface area contributed by atoms with Gasteiger partial charge in [0.15, 0.2) is 4.47 Å². The van der Waals surface area contributed by atoms with Crippen molar-refractivity contribution in [2.24, 2.45) is 0 Å². The molecule has 1 atom stereocenters. The lowest BCUT2D eigenvalue weighted by Crippen LogP contribution is -2.36. The molecule has 19 heavy (non-hydrogen) atoms. The maximum absolute atomic E-state index is 9.71. The third-order valence-corrected chi connectivity index (χ3v) is 4.68. The number of hydrogen-bond acceptors (Lipinski definition) is 4. The van der Waals surface area contributed by atoms with E-state index in [0.29, 0.717) is 4.47 Å². The van der Waals surface area contributed by atoms with Gasteiger partial charge in [-0.1, -0.05) is 35.9 Å². The molecule has 3 nitrogen and oxygen atoms in total. The van der Waals surface area contributed by atoms with Crippen molar-refractivity contribution >= 4 is 22.9 Å². The molecule has 2 aromatic rings. The molecule has 0 bridgehead atoms. The van der Waals surface area contributed by atoms with Crippen LogP contribution < -0.4 is 0 Å². The van der Waals surface area contributed by atoms with Crippen LogP contribution in [0.25, 0.3) is 0 Å². The van der Waals surface area contributed by atoms with Crippen LogP contribution in [0.1, 0.15) is 22.0 Å². The smallest absolute Gasteiger partial charge is 0.183 e. The minimum absolute atomic E-state index is 0.0748. The van der Waals surface area contributed by atoms with Crippen LogP contribution in [-0.2, 0) is 13.0 Å². The summed E-state index contributed by atoms with van der Waals surface area (Å²) in [6.45, 7) is 1.89. The van der Waals surface area contributed by atoms with E-state index in [2.05, 4.69) is 28.1 Å². The Hall–Kier alpha value is -0.940. The maximum Gasteiger partial charge on any atom is 0.183 e. The van der Waals surface area contributed by atoms with E-state index in [1.807, 2.05) is 12.3 Å². The zero-order valence-electron chi connectivity index (χ0n) is 10.4. The molecule has 1 aromatic heterocycles. The van der Waals surface area contributed by atoms with Crippen molar-refractivity contribution in [2.45, 2.75) is 19.0 Å². The lowest BCUT2D eigenvalue weighted by atomic mass is 9.93. The predicted octanol–water partition coefficient (Wildman–Crippen LogP) is 2.89. The molecular formula is C14H15ClN2OS. The van der Waals surface area contributed by atoms with Gasteiger partial charge in [-0.15, -0.1) is 11.3 Å². The standard InChI is InChI=1S/C14H15ClN2OS/c15-14-16-7-11(19-14)8-17-6-5-10-3-1-2-4-12(10)13(17)9-18/h1-4,7,13,18H,5-6,8-9H2. The van der Waals surface area contributed by atoms with Gasteiger partial charge in [0.2, 0.25) is 0 Å². The van der Waals surface area contributed by atoms with Gasteiger partial charge in [-0.3, -0.25) is 4.90 Å². The quantitative estimate of drug-likeness (QED) is 0.945. The number of hydrogen-bond donors (Lipinski definition) is 1. The topological polar surface area (TPSA) is 36.4 Å². The van der Waals surface area contributed by atoms with Crippen LogP contribution >= 0.6 is 22.9 Å². The second-order valence-corrected chi connectivity index (χ2v) is 6.39. The molecule has 100 valence electrons. The molecule has 1 aliphatic heterocycles. The average Bonchev–Trinajstić information content (AvgIpc) is 2.84. The van der Waals surface area contributed by atoms with E-state index in [4.69, 9.17) is 11.6 Å². The molecule has 3 rings (SSSR count). The van der Waals surface area contributed by atoms with Gasteiger partial charge in [0.1, 0.15) is 0 Å². The fourth-order valence-corrected chi connectivity index (χ4v) is 3.67.